The predicted octanol–water partition coefficient (Wildman–Crippen LogP) is 2.28. The average molecular weight is 151 g/mol. The molecule has 0 spiro atoms. The number of rotatable bonds is 4. The van der Waals surface area contributed by atoms with E-state index in [-0.39, 0.29) is 0 Å². The van der Waals surface area contributed by atoms with Crippen LogP contribution in [0.15, 0.2) is 36.0 Å². The van der Waals surface area contributed by atoms with Crippen LogP contribution in [0, 0.1) is 0 Å². The van der Waals surface area contributed by atoms with Crippen LogP contribution >= 0.6 is 0 Å². The van der Waals surface area contributed by atoms with Crippen molar-refractivity contribution in [2.24, 2.45) is 0 Å². The van der Waals surface area contributed by atoms with Gasteiger partial charge in [0.1, 0.15) is 0 Å². The molecule has 0 radical (unpaired) electrons. The fraction of sp³-hybridized carbons (Fsp3) is 0.400. The maximum atomic E-state index is 3.88. The largest absolute Gasteiger partial charge is 0.316 e. The Morgan fingerprint density at radius 3 is 2.64 bits per heavy atom. The fourth-order valence-corrected chi connectivity index (χ4v) is 0.909. The van der Waals surface area contributed by atoms with Gasteiger partial charge in [-0.15, -0.1) is 0 Å². The van der Waals surface area contributed by atoms with Gasteiger partial charge < -0.3 is 5.32 Å². The third-order valence-electron chi connectivity index (χ3n) is 1.27. The first-order valence-corrected chi connectivity index (χ1v) is 3.84. The lowest BCUT2D eigenvalue weighted by Crippen LogP contribution is -2.08. The Labute approximate surface area is 69.5 Å². The molecule has 0 aromatic carbocycles. The average Bonchev–Trinajstić information content (AvgIpc) is 1.87. The second-order valence-electron chi connectivity index (χ2n) is 2.60. The SMILES string of the molecule is C=C(/C=C\C)/C=C(\C)CNC. The van der Waals surface area contributed by atoms with Gasteiger partial charge in [0.05, 0.1) is 0 Å². The summed E-state index contributed by atoms with van der Waals surface area (Å²) in [7, 11) is 1.94. The number of nitrogens with one attached hydrogen (secondary N) is 1. The zero-order valence-electron chi connectivity index (χ0n) is 7.65. The molecule has 0 rings (SSSR count). The molecule has 1 N–H and O–H groups in total. The molecule has 1 heteroatoms. The molecule has 0 amide bonds. The quantitative estimate of drug-likeness (QED) is 0.608. The highest BCUT2D eigenvalue weighted by atomic mass is 14.8. The minimum Gasteiger partial charge on any atom is -0.316 e. The van der Waals surface area contributed by atoms with Gasteiger partial charge in [-0.1, -0.05) is 30.4 Å². The van der Waals surface area contributed by atoms with E-state index in [1.54, 1.807) is 0 Å². The molecule has 0 fully saturated rings. The molecule has 0 aliphatic carbocycles. The van der Waals surface area contributed by atoms with E-state index in [0.717, 1.165) is 12.1 Å². The van der Waals surface area contributed by atoms with Crippen LogP contribution in [0.25, 0.3) is 0 Å². The lowest BCUT2D eigenvalue weighted by atomic mass is 10.2. The van der Waals surface area contributed by atoms with E-state index in [0.29, 0.717) is 0 Å². The van der Waals surface area contributed by atoms with Gasteiger partial charge >= 0.3 is 0 Å². The van der Waals surface area contributed by atoms with Crippen molar-refractivity contribution < 1.29 is 0 Å². The smallest absolute Gasteiger partial charge is 0.0162 e. The fourth-order valence-electron chi connectivity index (χ4n) is 0.909. The monoisotopic (exact) mass is 151 g/mol. The molecule has 11 heavy (non-hydrogen) atoms. The summed E-state index contributed by atoms with van der Waals surface area (Å²) < 4.78 is 0. The van der Waals surface area contributed by atoms with Crippen molar-refractivity contribution in [3.8, 4) is 0 Å². The number of likely N-dealkylation sites (N-methyl/N-ethyl adjacent to an activating group) is 1. The molecule has 0 bridgehead atoms. The lowest BCUT2D eigenvalue weighted by molar-refractivity contribution is 0.879. The third kappa shape index (κ3) is 5.62. The van der Waals surface area contributed by atoms with E-state index < -0.39 is 0 Å². The van der Waals surface area contributed by atoms with E-state index in [1.165, 1.54) is 5.57 Å². The molecule has 0 atom stereocenters. The van der Waals surface area contributed by atoms with Crippen molar-refractivity contribution in [3.63, 3.8) is 0 Å². The molecule has 0 unspecified atom stereocenters. The highest BCUT2D eigenvalue weighted by Gasteiger charge is 1.86. The minimum absolute atomic E-state index is 0.927. The standard InChI is InChI=1S/C10H17N/c1-5-6-9(2)7-10(3)8-11-4/h5-7,11H,2,8H2,1,3-4H3/b6-5-,10-7+. The van der Waals surface area contributed by atoms with Crippen molar-refractivity contribution in [1.82, 2.24) is 5.32 Å². The Bertz CT molecular complexity index is 175. The maximum Gasteiger partial charge on any atom is 0.0162 e. The molecular formula is C10H17N. The van der Waals surface area contributed by atoms with Gasteiger partial charge in [-0.05, 0) is 26.5 Å². The van der Waals surface area contributed by atoms with Crippen molar-refractivity contribution in [3.05, 3.63) is 36.0 Å². The molecule has 0 aromatic heterocycles. The molecule has 1 nitrogen and oxygen atoms in total. The second kappa shape index (κ2) is 5.93. The van der Waals surface area contributed by atoms with E-state index >= 15 is 0 Å². The van der Waals surface area contributed by atoms with Crippen LogP contribution in [-0.4, -0.2) is 13.6 Å². The molecule has 0 heterocycles. The molecule has 0 saturated carbocycles. The Morgan fingerprint density at radius 2 is 2.18 bits per heavy atom. The van der Waals surface area contributed by atoms with E-state index in [2.05, 4.69) is 24.9 Å². The van der Waals surface area contributed by atoms with Crippen LogP contribution in [0.2, 0.25) is 0 Å². The molecule has 0 aliphatic heterocycles. The third-order valence-corrected chi connectivity index (χ3v) is 1.27. The van der Waals surface area contributed by atoms with Gasteiger partial charge in [0.25, 0.3) is 0 Å². The number of hydrogen-bond donors (Lipinski definition) is 1. The van der Waals surface area contributed by atoms with Crippen LogP contribution in [-0.2, 0) is 0 Å². The first-order valence-electron chi connectivity index (χ1n) is 3.84. The molecule has 0 saturated heterocycles. The van der Waals surface area contributed by atoms with Crippen LogP contribution in [0.3, 0.4) is 0 Å². The Hall–Kier alpha value is -0.820. The molecular weight excluding hydrogens is 134 g/mol. The molecule has 62 valence electrons. The van der Waals surface area contributed by atoms with Gasteiger partial charge in [-0.25, -0.2) is 0 Å². The van der Waals surface area contributed by atoms with Gasteiger partial charge in [-0.3, -0.25) is 0 Å². The highest BCUT2D eigenvalue weighted by molar-refractivity contribution is 5.30. The summed E-state index contributed by atoms with van der Waals surface area (Å²) in [5, 5.41) is 3.08. The van der Waals surface area contributed by atoms with Crippen molar-refractivity contribution >= 4 is 0 Å². The van der Waals surface area contributed by atoms with Crippen LogP contribution in [0.5, 0.6) is 0 Å². The van der Waals surface area contributed by atoms with Crippen molar-refractivity contribution in [2.45, 2.75) is 13.8 Å². The highest BCUT2D eigenvalue weighted by Crippen LogP contribution is 2.00. The van der Waals surface area contributed by atoms with Crippen molar-refractivity contribution in [2.75, 3.05) is 13.6 Å². The second-order valence-corrected chi connectivity index (χ2v) is 2.60. The Kier molecular flexibility index (Phi) is 5.49. The summed E-state index contributed by atoms with van der Waals surface area (Å²) in [6, 6.07) is 0. The minimum atomic E-state index is 0.927. The topological polar surface area (TPSA) is 12.0 Å². The van der Waals surface area contributed by atoms with Crippen LogP contribution in [0.1, 0.15) is 13.8 Å². The first kappa shape index (κ1) is 10.2. The number of allylic oxidation sites excluding steroid dienone is 4. The molecule has 0 aromatic rings. The normalized spacial score (nSPS) is 12.5. The number of hydrogen-bond acceptors (Lipinski definition) is 1. The Balaban J connectivity index is 3.96. The Morgan fingerprint density at radius 1 is 1.55 bits per heavy atom. The van der Waals surface area contributed by atoms with Crippen molar-refractivity contribution in [1.29, 1.82) is 0 Å². The molecule has 0 aliphatic rings. The predicted molar refractivity (Wildman–Crippen MR) is 51.6 cm³/mol. The first-order chi connectivity index (χ1) is 5.20. The summed E-state index contributed by atoms with van der Waals surface area (Å²) in [5.74, 6) is 0. The zero-order chi connectivity index (χ0) is 8.69. The zero-order valence-corrected chi connectivity index (χ0v) is 7.65. The van der Waals surface area contributed by atoms with Crippen LogP contribution in [0.4, 0.5) is 0 Å². The summed E-state index contributed by atoms with van der Waals surface area (Å²) in [6.07, 6.45) is 6.07. The van der Waals surface area contributed by atoms with Gasteiger partial charge in [-0.2, -0.15) is 0 Å². The maximum absolute atomic E-state index is 3.88. The summed E-state index contributed by atoms with van der Waals surface area (Å²) in [4.78, 5) is 0. The van der Waals surface area contributed by atoms with Gasteiger partial charge in [0.15, 0.2) is 0 Å². The van der Waals surface area contributed by atoms with E-state index in [1.807, 2.05) is 26.1 Å². The van der Waals surface area contributed by atoms with Crippen LogP contribution < -0.4 is 5.32 Å². The van der Waals surface area contributed by atoms with Gasteiger partial charge in [0.2, 0.25) is 0 Å². The van der Waals surface area contributed by atoms with E-state index in [4.69, 9.17) is 0 Å². The summed E-state index contributed by atoms with van der Waals surface area (Å²) in [6.45, 7) is 8.88. The lowest BCUT2D eigenvalue weighted by Gasteiger charge is -1.98. The summed E-state index contributed by atoms with van der Waals surface area (Å²) >= 11 is 0. The van der Waals surface area contributed by atoms with E-state index in [9.17, 15) is 0 Å². The van der Waals surface area contributed by atoms with Gasteiger partial charge in [0, 0.05) is 6.54 Å². The summed E-state index contributed by atoms with van der Waals surface area (Å²) in [5.41, 5.74) is 2.36.